The molecule has 1 saturated heterocycles. The number of nitrogens with zero attached hydrogens (tertiary/aromatic N) is 1. The number of likely N-dealkylation sites (tertiary alicyclic amines) is 1. The summed E-state index contributed by atoms with van der Waals surface area (Å²) in [6.45, 7) is 3.87. The third-order valence-electron chi connectivity index (χ3n) is 4.49. The van der Waals surface area contributed by atoms with Crippen LogP contribution in [-0.2, 0) is 4.79 Å². The smallest absolute Gasteiger partial charge is 0.260 e. The van der Waals surface area contributed by atoms with Crippen molar-refractivity contribution in [2.45, 2.75) is 31.9 Å². The van der Waals surface area contributed by atoms with Crippen LogP contribution < -0.4 is 10.1 Å². The molecule has 2 aromatic rings. The van der Waals surface area contributed by atoms with Crippen molar-refractivity contribution in [3.63, 3.8) is 0 Å². The van der Waals surface area contributed by atoms with Gasteiger partial charge in [0.1, 0.15) is 5.75 Å². The second kappa shape index (κ2) is 7.01. The first-order valence-corrected chi connectivity index (χ1v) is 8.27. The molecular formula is C19H24N2O2. The highest BCUT2D eigenvalue weighted by molar-refractivity contribution is 5.89. The van der Waals surface area contributed by atoms with E-state index in [-0.39, 0.29) is 11.9 Å². The predicted molar refractivity (Wildman–Crippen MR) is 92.7 cm³/mol. The predicted octanol–water partition coefficient (Wildman–Crippen LogP) is 2.82. The van der Waals surface area contributed by atoms with Crippen molar-refractivity contribution in [3.8, 4) is 5.75 Å². The topological polar surface area (TPSA) is 41.6 Å². The van der Waals surface area contributed by atoms with E-state index in [1.807, 2.05) is 49.4 Å². The quantitative estimate of drug-likeness (QED) is 0.944. The standard InChI is InChI=1S/C19H24N2O2/c1-14(19(22)20-16-10-12-21(2)13-11-16)23-18-9-5-7-15-6-3-4-8-17(15)18/h3-9,14,16H,10-13H2,1-2H3,(H,20,22). The lowest BCUT2D eigenvalue weighted by molar-refractivity contribution is -0.128. The Labute approximate surface area is 137 Å². The molecule has 4 heteroatoms. The lowest BCUT2D eigenvalue weighted by Crippen LogP contribution is -2.47. The summed E-state index contributed by atoms with van der Waals surface area (Å²) in [5, 5.41) is 5.27. The third kappa shape index (κ3) is 3.82. The molecule has 0 saturated carbocycles. The number of ether oxygens (including phenoxy) is 1. The first-order valence-electron chi connectivity index (χ1n) is 8.27. The lowest BCUT2D eigenvalue weighted by Gasteiger charge is -2.30. The Morgan fingerprint density at radius 2 is 1.87 bits per heavy atom. The molecule has 4 nitrogen and oxygen atoms in total. The van der Waals surface area contributed by atoms with Gasteiger partial charge in [-0.2, -0.15) is 0 Å². The SMILES string of the molecule is CC(Oc1cccc2ccccc12)C(=O)NC1CCN(C)CC1. The highest BCUT2D eigenvalue weighted by Crippen LogP contribution is 2.26. The normalized spacial score (nSPS) is 17.8. The Morgan fingerprint density at radius 1 is 1.17 bits per heavy atom. The van der Waals surface area contributed by atoms with E-state index < -0.39 is 6.10 Å². The van der Waals surface area contributed by atoms with Crippen LogP contribution >= 0.6 is 0 Å². The molecule has 1 N–H and O–H groups in total. The molecule has 0 spiro atoms. The molecule has 0 aromatic heterocycles. The van der Waals surface area contributed by atoms with Crippen molar-refractivity contribution >= 4 is 16.7 Å². The van der Waals surface area contributed by atoms with Gasteiger partial charge in [0.15, 0.2) is 6.10 Å². The number of hydrogen-bond acceptors (Lipinski definition) is 3. The number of carbonyl (C=O) groups is 1. The molecule has 0 bridgehead atoms. The highest BCUT2D eigenvalue weighted by atomic mass is 16.5. The molecule has 1 fully saturated rings. The Kier molecular flexibility index (Phi) is 4.82. The van der Waals surface area contributed by atoms with E-state index >= 15 is 0 Å². The van der Waals surface area contributed by atoms with Crippen LogP contribution in [-0.4, -0.2) is 43.1 Å². The number of rotatable bonds is 4. The molecule has 0 radical (unpaired) electrons. The van der Waals surface area contributed by atoms with E-state index in [1.165, 1.54) is 0 Å². The van der Waals surface area contributed by atoms with E-state index in [0.717, 1.165) is 42.5 Å². The number of nitrogens with one attached hydrogen (secondary N) is 1. The van der Waals surface area contributed by atoms with Gasteiger partial charge < -0.3 is 15.0 Å². The fraction of sp³-hybridized carbons (Fsp3) is 0.421. The van der Waals surface area contributed by atoms with E-state index in [0.29, 0.717) is 0 Å². The van der Waals surface area contributed by atoms with Crippen LogP contribution in [0.5, 0.6) is 5.75 Å². The molecule has 1 atom stereocenters. The summed E-state index contributed by atoms with van der Waals surface area (Å²) in [6, 6.07) is 14.2. The van der Waals surface area contributed by atoms with E-state index in [4.69, 9.17) is 4.74 Å². The third-order valence-corrected chi connectivity index (χ3v) is 4.49. The number of piperidine rings is 1. The number of carbonyl (C=O) groups excluding carboxylic acids is 1. The average molecular weight is 312 g/mol. The van der Waals surface area contributed by atoms with Crippen LogP contribution in [0.1, 0.15) is 19.8 Å². The molecule has 0 aliphatic carbocycles. The first-order chi connectivity index (χ1) is 11.1. The molecule has 122 valence electrons. The summed E-state index contributed by atoms with van der Waals surface area (Å²) in [5.41, 5.74) is 0. The van der Waals surface area contributed by atoms with Crippen molar-refractivity contribution in [1.82, 2.24) is 10.2 Å². The van der Waals surface area contributed by atoms with Gasteiger partial charge in [0, 0.05) is 11.4 Å². The zero-order chi connectivity index (χ0) is 16.2. The summed E-state index contributed by atoms with van der Waals surface area (Å²) in [5.74, 6) is 0.724. The maximum absolute atomic E-state index is 12.4. The monoisotopic (exact) mass is 312 g/mol. The molecule has 1 aliphatic rings. The number of hydrogen-bond donors (Lipinski definition) is 1. The zero-order valence-electron chi connectivity index (χ0n) is 13.8. The fourth-order valence-electron chi connectivity index (χ4n) is 3.01. The summed E-state index contributed by atoms with van der Waals surface area (Å²) in [4.78, 5) is 14.7. The largest absolute Gasteiger partial charge is 0.480 e. The fourth-order valence-corrected chi connectivity index (χ4v) is 3.01. The molecular weight excluding hydrogens is 288 g/mol. The van der Waals surface area contributed by atoms with Gasteiger partial charge >= 0.3 is 0 Å². The molecule has 1 unspecified atom stereocenters. The van der Waals surface area contributed by atoms with Crippen molar-refractivity contribution in [1.29, 1.82) is 0 Å². The molecule has 1 heterocycles. The first kappa shape index (κ1) is 15.8. The van der Waals surface area contributed by atoms with Gasteiger partial charge in [0.05, 0.1) is 0 Å². The van der Waals surface area contributed by atoms with Crippen LogP contribution in [0.2, 0.25) is 0 Å². The second-order valence-corrected chi connectivity index (χ2v) is 6.32. The van der Waals surface area contributed by atoms with Crippen LogP contribution in [0, 0.1) is 0 Å². The van der Waals surface area contributed by atoms with Crippen molar-refractivity contribution < 1.29 is 9.53 Å². The van der Waals surface area contributed by atoms with Crippen molar-refractivity contribution in [3.05, 3.63) is 42.5 Å². The molecule has 1 aliphatic heterocycles. The number of amides is 1. The van der Waals surface area contributed by atoms with Crippen molar-refractivity contribution in [2.24, 2.45) is 0 Å². The Bertz CT molecular complexity index is 673. The number of fused-ring (bicyclic) bond motifs is 1. The van der Waals surface area contributed by atoms with Gasteiger partial charge in [-0.25, -0.2) is 0 Å². The Balaban J connectivity index is 1.63. The minimum atomic E-state index is -0.500. The van der Waals surface area contributed by atoms with Crippen LogP contribution in [0.4, 0.5) is 0 Å². The summed E-state index contributed by atoms with van der Waals surface area (Å²) < 4.78 is 5.93. The van der Waals surface area contributed by atoms with Crippen molar-refractivity contribution in [2.75, 3.05) is 20.1 Å². The van der Waals surface area contributed by atoms with Crippen LogP contribution in [0.3, 0.4) is 0 Å². The van der Waals surface area contributed by atoms with Gasteiger partial charge in [0.25, 0.3) is 5.91 Å². The minimum absolute atomic E-state index is 0.0347. The number of benzene rings is 2. The lowest BCUT2D eigenvalue weighted by atomic mass is 10.1. The summed E-state index contributed by atoms with van der Waals surface area (Å²) >= 11 is 0. The molecule has 3 rings (SSSR count). The maximum Gasteiger partial charge on any atom is 0.260 e. The Hall–Kier alpha value is -2.07. The van der Waals surface area contributed by atoms with Crippen LogP contribution in [0.15, 0.2) is 42.5 Å². The van der Waals surface area contributed by atoms with E-state index in [2.05, 4.69) is 17.3 Å². The minimum Gasteiger partial charge on any atom is -0.480 e. The van der Waals surface area contributed by atoms with Crippen LogP contribution in [0.25, 0.3) is 10.8 Å². The van der Waals surface area contributed by atoms with Gasteiger partial charge in [-0.3, -0.25) is 4.79 Å². The average Bonchev–Trinajstić information content (AvgIpc) is 2.57. The highest BCUT2D eigenvalue weighted by Gasteiger charge is 2.22. The summed E-state index contributed by atoms with van der Waals surface area (Å²) in [7, 11) is 2.12. The van der Waals surface area contributed by atoms with Gasteiger partial charge in [-0.15, -0.1) is 0 Å². The summed E-state index contributed by atoms with van der Waals surface area (Å²) in [6.07, 6.45) is 1.51. The van der Waals surface area contributed by atoms with E-state index in [9.17, 15) is 4.79 Å². The van der Waals surface area contributed by atoms with E-state index in [1.54, 1.807) is 0 Å². The van der Waals surface area contributed by atoms with Gasteiger partial charge in [-0.1, -0.05) is 36.4 Å². The second-order valence-electron chi connectivity index (χ2n) is 6.32. The maximum atomic E-state index is 12.4. The molecule has 23 heavy (non-hydrogen) atoms. The molecule has 2 aromatic carbocycles. The Morgan fingerprint density at radius 3 is 2.65 bits per heavy atom. The zero-order valence-corrected chi connectivity index (χ0v) is 13.8. The molecule has 1 amide bonds. The van der Waals surface area contributed by atoms with Gasteiger partial charge in [-0.05, 0) is 51.4 Å². The van der Waals surface area contributed by atoms with Gasteiger partial charge in [0.2, 0.25) is 0 Å².